The van der Waals surface area contributed by atoms with Crippen LogP contribution in [0.4, 0.5) is 0 Å². The first kappa shape index (κ1) is 21.2. The van der Waals surface area contributed by atoms with E-state index in [0.717, 1.165) is 53.8 Å². The minimum Gasteiger partial charge on any atom is -0.493 e. The zero-order valence-electron chi connectivity index (χ0n) is 15.7. The van der Waals surface area contributed by atoms with Gasteiger partial charge in [0.2, 0.25) is 0 Å². The second-order valence-corrected chi connectivity index (χ2v) is 7.38. The van der Waals surface area contributed by atoms with Gasteiger partial charge in [-0.05, 0) is 19.3 Å². The van der Waals surface area contributed by atoms with Crippen LogP contribution in [0.5, 0.6) is 11.5 Å². The highest BCUT2D eigenvalue weighted by Gasteiger charge is 2.13. The summed E-state index contributed by atoms with van der Waals surface area (Å²) in [6, 6.07) is 10.0. The van der Waals surface area contributed by atoms with Gasteiger partial charge in [0.25, 0.3) is 0 Å². The van der Waals surface area contributed by atoms with E-state index in [4.69, 9.17) is 32.7 Å². The Balaban J connectivity index is 1.94. The summed E-state index contributed by atoms with van der Waals surface area (Å²) in [4.78, 5) is 0. The Morgan fingerprint density at radius 3 is 2.19 bits per heavy atom. The number of fused-ring (bicyclic) bond motifs is 1. The molecule has 0 saturated carbocycles. The third-order valence-corrected chi connectivity index (χ3v) is 4.99. The van der Waals surface area contributed by atoms with E-state index in [1.54, 1.807) is 0 Å². The second kappa shape index (κ2) is 12.3. The fraction of sp³-hybridized carbons (Fsp3) is 0.545. The molecule has 0 N–H and O–H groups in total. The number of ether oxygens (including phenoxy) is 2. The van der Waals surface area contributed by atoms with Gasteiger partial charge in [-0.2, -0.15) is 0 Å². The Morgan fingerprint density at radius 1 is 0.808 bits per heavy atom. The third-order valence-electron chi connectivity index (χ3n) is 4.44. The maximum Gasteiger partial charge on any atom is 0.145 e. The van der Waals surface area contributed by atoms with Crippen LogP contribution in [-0.4, -0.2) is 19.1 Å². The van der Waals surface area contributed by atoms with Crippen molar-refractivity contribution in [3.63, 3.8) is 0 Å². The second-order valence-electron chi connectivity index (χ2n) is 6.59. The van der Waals surface area contributed by atoms with E-state index in [0.29, 0.717) is 18.2 Å². The predicted molar refractivity (Wildman–Crippen MR) is 113 cm³/mol. The van der Waals surface area contributed by atoms with E-state index in [1.807, 2.05) is 24.3 Å². The molecule has 0 aliphatic carbocycles. The molecule has 0 spiro atoms. The van der Waals surface area contributed by atoms with Crippen molar-refractivity contribution in [3.8, 4) is 11.5 Å². The van der Waals surface area contributed by atoms with E-state index in [9.17, 15) is 0 Å². The lowest BCUT2D eigenvalue weighted by atomic mass is 10.1. The standard InChI is InChI=1S/C22H30Cl2O2/c1-2-3-15-26-22-19-13-9-8-12-18(19)21(17-20(22)24)25-16-11-7-5-4-6-10-14-23/h8-9,12-13,17H,2-7,10-11,14-16H2,1H3. The van der Waals surface area contributed by atoms with Crippen molar-refractivity contribution in [2.24, 2.45) is 0 Å². The van der Waals surface area contributed by atoms with Gasteiger partial charge >= 0.3 is 0 Å². The van der Waals surface area contributed by atoms with E-state index in [-0.39, 0.29) is 0 Å². The van der Waals surface area contributed by atoms with Crippen molar-refractivity contribution >= 4 is 34.0 Å². The number of alkyl halides is 1. The quantitative estimate of drug-likeness (QED) is 0.255. The number of hydrogen-bond donors (Lipinski definition) is 0. The minimum absolute atomic E-state index is 0.621. The molecule has 4 heteroatoms. The topological polar surface area (TPSA) is 18.5 Å². The average molecular weight is 397 g/mol. The molecule has 0 atom stereocenters. The van der Waals surface area contributed by atoms with Gasteiger partial charge in [0, 0.05) is 22.7 Å². The highest BCUT2D eigenvalue weighted by atomic mass is 35.5. The van der Waals surface area contributed by atoms with Crippen LogP contribution in [0, 0.1) is 0 Å². The number of benzene rings is 2. The van der Waals surface area contributed by atoms with Crippen LogP contribution in [-0.2, 0) is 0 Å². The van der Waals surface area contributed by atoms with Crippen LogP contribution in [0.1, 0.15) is 58.3 Å². The van der Waals surface area contributed by atoms with Gasteiger partial charge in [-0.1, -0.05) is 74.9 Å². The van der Waals surface area contributed by atoms with Gasteiger partial charge < -0.3 is 9.47 Å². The molecule has 0 fully saturated rings. The Bertz CT molecular complexity index is 658. The summed E-state index contributed by atoms with van der Waals surface area (Å²) in [7, 11) is 0. The molecule has 0 amide bonds. The summed E-state index contributed by atoms with van der Waals surface area (Å²) in [5, 5.41) is 2.70. The molecule has 144 valence electrons. The minimum atomic E-state index is 0.621. The van der Waals surface area contributed by atoms with Crippen molar-refractivity contribution < 1.29 is 9.47 Å². The molecule has 26 heavy (non-hydrogen) atoms. The van der Waals surface area contributed by atoms with Crippen LogP contribution in [0.2, 0.25) is 5.02 Å². The predicted octanol–water partition coefficient (Wildman–Crippen LogP) is 7.63. The molecule has 0 aliphatic heterocycles. The molecule has 0 aromatic heterocycles. The Labute approximate surface area is 167 Å². The number of hydrogen-bond acceptors (Lipinski definition) is 2. The summed E-state index contributed by atoms with van der Waals surface area (Å²) in [5.74, 6) is 2.38. The van der Waals surface area contributed by atoms with Crippen LogP contribution < -0.4 is 9.47 Å². The summed E-state index contributed by atoms with van der Waals surface area (Å²) < 4.78 is 12.0. The summed E-state index contributed by atoms with van der Waals surface area (Å²) in [6.45, 7) is 3.55. The van der Waals surface area contributed by atoms with Gasteiger partial charge in [0.05, 0.1) is 18.2 Å². The number of halogens is 2. The highest BCUT2D eigenvalue weighted by Crippen LogP contribution is 2.39. The molecule has 0 saturated heterocycles. The molecular weight excluding hydrogens is 367 g/mol. The summed E-state index contributed by atoms with van der Waals surface area (Å²) >= 11 is 12.2. The lowest BCUT2D eigenvalue weighted by Gasteiger charge is -2.15. The van der Waals surface area contributed by atoms with Crippen LogP contribution in [0.25, 0.3) is 10.8 Å². The zero-order valence-corrected chi connectivity index (χ0v) is 17.2. The first-order valence-corrected chi connectivity index (χ1v) is 10.7. The SMILES string of the molecule is CCCCOc1c(Cl)cc(OCCCCCCCCCl)c2ccccc12. The average Bonchev–Trinajstić information content (AvgIpc) is 2.66. The van der Waals surface area contributed by atoms with E-state index in [2.05, 4.69) is 13.0 Å². The fourth-order valence-electron chi connectivity index (χ4n) is 2.95. The van der Waals surface area contributed by atoms with Crippen LogP contribution in [0.15, 0.2) is 30.3 Å². The van der Waals surface area contributed by atoms with E-state index < -0.39 is 0 Å². The molecule has 2 nitrogen and oxygen atoms in total. The maximum atomic E-state index is 6.48. The van der Waals surface area contributed by atoms with Gasteiger partial charge in [-0.25, -0.2) is 0 Å². The normalized spacial score (nSPS) is 11.0. The summed E-state index contributed by atoms with van der Waals surface area (Å²) in [6.07, 6.45) is 9.21. The number of rotatable bonds is 13. The largest absolute Gasteiger partial charge is 0.493 e. The number of unbranched alkanes of at least 4 members (excludes halogenated alkanes) is 6. The molecule has 0 aliphatic rings. The summed E-state index contributed by atoms with van der Waals surface area (Å²) in [5.41, 5.74) is 0. The van der Waals surface area contributed by atoms with E-state index in [1.165, 1.54) is 25.7 Å². The van der Waals surface area contributed by atoms with Gasteiger partial charge in [-0.3, -0.25) is 0 Å². The van der Waals surface area contributed by atoms with E-state index >= 15 is 0 Å². The molecular formula is C22H30Cl2O2. The zero-order chi connectivity index (χ0) is 18.6. The molecule has 0 heterocycles. The van der Waals surface area contributed by atoms with Crippen LogP contribution >= 0.6 is 23.2 Å². The lowest BCUT2D eigenvalue weighted by molar-refractivity contribution is 0.303. The van der Waals surface area contributed by atoms with Gasteiger partial charge in [0.1, 0.15) is 11.5 Å². The van der Waals surface area contributed by atoms with Crippen LogP contribution in [0.3, 0.4) is 0 Å². The Morgan fingerprint density at radius 2 is 1.46 bits per heavy atom. The molecule has 0 bridgehead atoms. The van der Waals surface area contributed by atoms with Crippen molar-refractivity contribution in [1.29, 1.82) is 0 Å². The first-order valence-electron chi connectivity index (χ1n) is 9.80. The Hall–Kier alpha value is -1.12. The third kappa shape index (κ3) is 6.55. The molecule has 0 unspecified atom stereocenters. The lowest BCUT2D eigenvalue weighted by Crippen LogP contribution is -2.01. The Kier molecular flexibility index (Phi) is 10.0. The van der Waals surface area contributed by atoms with Crippen molar-refractivity contribution in [1.82, 2.24) is 0 Å². The van der Waals surface area contributed by atoms with Crippen molar-refractivity contribution in [2.75, 3.05) is 19.1 Å². The smallest absolute Gasteiger partial charge is 0.145 e. The highest BCUT2D eigenvalue weighted by molar-refractivity contribution is 6.33. The fourth-order valence-corrected chi connectivity index (χ4v) is 3.40. The van der Waals surface area contributed by atoms with Crippen molar-refractivity contribution in [3.05, 3.63) is 35.4 Å². The molecule has 2 rings (SSSR count). The van der Waals surface area contributed by atoms with Crippen molar-refractivity contribution in [2.45, 2.75) is 58.3 Å². The maximum absolute atomic E-state index is 6.48. The van der Waals surface area contributed by atoms with Gasteiger partial charge in [0.15, 0.2) is 0 Å². The van der Waals surface area contributed by atoms with Gasteiger partial charge in [-0.15, -0.1) is 11.6 Å². The molecule has 2 aromatic rings. The first-order chi connectivity index (χ1) is 12.8. The monoisotopic (exact) mass is 396 g/mol. The molecule has 2 aromatic carbocycles. The molecule has 0 radical (unpaired) electrons.